The maximum absolute atomic E-state index is 12.5. The number of anilines is 1. The third kappa shape index (κ3) is 2.71. The molecule has 1 aliphatic heterocycles. The molecule has 0 saturated carbocycles. The van der Waals surface area contributed by atoms with Crippen LogP contribution in [0, 0.1) is 0 Å². The first-order valence-electron chi connectivity index (χ1n) is 7.51. The quantitative estimate of drug-likeness (QED) is 0.807. The second-order valence-electron chi connectivity index (χ2n) is 5.74. The molecule has 0 fully saturated rings. The summed E-state index contributed by atoms with van der Waals surface area (Å²) in [5, 5.41) is 13.8. The molecule has 3 rings (SSSR count). The number of amides is 1. The molecule has 1 amide bonds. The average Bonchev–Trinajstić information content (AvgIpc) is 2.83. The highest BCUT2D eigenvalue weighted by Crippen LogP contribution is 2.46. The summed E-state index contributed by atoms with van der Waals surface area (Å²) in [7, 11) is 0. The Bertz CT molecular complexity index is 833. The lowest BCUT2D eigenvalue weighted by molar-refractivity contribution is -0.133. The molecule has 2 aromatic carbocycles. The third-order valence-electron chi connectivity index (χ3n) is 4.23. The summed E-state index contributed by atoms with van der Waals surface area (Å²) < 4.78 is 0. The van der Waals surface area contributed by atoms with E-state index in [1.54, 1.807) is 12.1 Å². The van der Waals surface area contributed by atoms with Crippen LogP contribution in [0.25, 0.3) is 0 Å². The SMILES string of the molecule is CCc1ccc(C(=O)CC2(O)C(=O)Nc3c(Cl)ccc(Cl)c32)cc1. The van der Waals surface area contributed by atoms with Crippen molar-refractivity contribution >= 4 is 40.6 Å². The van der Waals surface area contributed by atoms with Gasteiger partial charge >= 0.3 is 0 Å². The van der Waals surface area contributed by atoms with Gasteiger partial charge in [0.2, 0.25) is 0 Å². The number of hydrogen-bond donors (Lipinski definition) is 2. The molecule has 0 aromatic heterocycles. The van der Waals surface area contributed by atoms with Gasteiger partial charge in [0.15, 0.2) is 11.4 Å². The van der Waals surface area contributed by atoms with Gasteiger partial charge in [0.25, 0.3) is 5.91 Å². The number of carbonyl (C=O) groups excluding carboxylic acids is 2. The molecule has 1 heterocycles. The van der Waals surface area contributed by atoms with E-state index in [0.717, 1.165) is 12.0 Å². The summed E-state index contributed by atoms with van der Waals surface area (Å²) >= 11 is 12.2. The fourth-order valence-corrected chi connectivity index (χ4v) is 3.36. The van der Waals surface area contributed by atoms with Crippen LogP contribution in [0.15, 0.2) is 36.4 Å². The second-order valence-corrected chi connectivity index (χ2v) is 6.56. The van der Waals surface area contributed by atoms with Crippen LogP contribution in [0.1, 0.15) is 34.8 Å². The summed E-state index contributed by atoms with van der Waals surface area (Å²) in [5.74, 6) is -1.05. The van der Waals surface area contributed by atoms with E-state index in [1.807, 2.05) is 19.1 Å². The van der Waals surface area contributed by atoms with E-state index in [0.29, 0.717) is 5.56 Å². The number of Topliss-reactive ketones (excluding diaryl/α,β-unsaturated/α-hetero) is 1. The average molecular weight is 364 g/mol. The number of nitrogens with one attached hydrogen (secondary N) is 1. The van der Waals surface area contributed by atoms with Crippen molar-refractivity contribution in [1.82, 2.24) is 0 Å². The smallest absolute Gasteiger partial charge is 0.261 e. The molecular weight excluding hydrogens is 349 g/mol. The van der Waals surface area contributed by atoms with E-state index >= 15 is 0 Å². The fourth-order valence-electron chi connectivity index (χ4n) is 2.84. The first kappa shape index (κ1) is 17.0. The summed E-state index contributed by atoms with van der Waals surface area (Å²) in [6, 6.07) is 10.1. The van der Waals surface area contributed by atoms with Gasteiger partial charge in [0.05, 0.1) is 17.1 Å². The Morgan fingerprint density at radius 2 is 1.75 bits per heavy atom. The summed E-state index contributed by atoms with van der Waals surface area (Å²) in [4.78, 5) is 24.8. The largest absolute Gasteiger partial charge is 0.375 e. The van der Waals surface area contributed by atoms with Crippen molar-refractivity contribution in [3.05, 3.63) is 63.1 Å². The number of benzene rings is 2. The molecule has 1 aliphatic rings. The van der Waals surface area contributed by atoms with Gasteiger partial charge in [-0.05, 0) is 24.1 Å². The maximum atomic E-state index is 12.5. The molecule has 2 N–H and O–H groups in total. The lowest BCUT2D eigenvalue weighted by Crippen LogP contribution is -2.36. The van der Waals surface area contributed by atoms with Crippen molar-refractivity contribution in [3.63, 3.8) is 0 Å². The van der Waals surface area contributed by atoms with E-state index in [1.165, 1.54) is 12.1 Å². The van der Waals surface area contributed by atoms with Crippen molar-refractivity contribution in [2.75, 3.05) is 5.32 Å². The van der Waals surface area contributed by atoms with Gasteiger partial charge in [-0.1, -0.05) is 54.4 Å². The molecule has 24 heavy (non-hydrogen) atoms. The number of aliphatic hydroxyl groups is 1. The monoisotopic (exact) mass is 363 g/mol. The number of hydrogen-bond acceptors (Lipinski definition) is 3. The molecule has 4 nitrogen and oxygen atoms in total. The third-order valence-corrected chi connectivity index (χ3v) is 4.86. The van der Waals surface area contributed by atoms with E-state index < -0.39 is 17.9 Å². The van der Waals surface area contributed by atoms with Gasteiger partial charge in [0.1, 0.15) is 0 Å². The highest BCUT2D eigenvalue weighted by molar-refractivity contribution is 6.38. The van der Waals surface area contributed by atoms with Gasteiger partial charge in [0, 0.05) is 16.1 Å². The van der Waals surface area contributed by atoms with Crippen LogP contribution in [0.5, 0.6) is 0 Å². The van der Waals surface area contributed by atoms with Crippen molar-refractivity contribution < 1.29 is 14.7 Å². The lowest BCUT2D eigenvalue weighted by Gasteiger charge is -2.21. The Morgan fingerprint density at radius 1 is 1.12 bits per heavy atom. The van der Waals surface area contributed by atoms with Crippen molar-refractivity contribution in [1.29, 1.82) is 0 Å². The highest BCUT2D eigenvalue weighted by Gasteiger charge is 2.49. The topological polar surface area (TPSA) is 66.4 Å². The number of carbonyl (C=O) groups is 2. The molecule has 0 radical (unpaired) electrons. The molecule has 0 saturated heterocycles. The zero-order valence-corrected chi connectivity index (χ0v) is 14.4. The normalized spacial score (nSPS) is 19.1. The van der Waals surface area contributed by atoms with Gasteiger partial charge in [-0.2, -0.15) is 0 Å². The molecule has 0 aliphatic carbocycles. The van der Waals surface area contributed by atoms with Crippen LogP contribution in [-0.2, 0) is 16.8 Å². The van der Waals surface area contributed by atoms with Crippen LogP contribution in [-0.4, -0.2) is 16.8 Å². The molecule has 1 atom stereocenters. The number of rotatable bonds is 4. The molecule has 6 heteroatoms. The Hall–Kier alpha value is -1.88. The number of ketones is 1. The predicted molar refractivity (Wildman–Crippen MR) is 93.8 cm³/mol. The Labute approximate surface area is 149 Å². The first-order valence-corrected chi connectivity index (χ1v) is 8.27. The zero-order valence-electron chi connectivity index (χ0n) is 12.9. The number of aryl methyl sites for hydroxylation is 1. The van der Waals surface area contributed by atoms with Gasteiger partial charge < -0.3 is 10.4 Å². The van der Waals surface area contributed by atoms with E-state index in [2.05, 4.69) is 5.32 Å². The summed E-state index contributed by atoms with van der Waals surface area (Å²) in [6.07, 6.45) is 0.458. The van der Waals surface area contributed by atoms with Gasteiger partial charge in [-0.3, -0.25) is 9.59 Å². The van der Waals surface area contributed by atoms with Gasteiger partial charge in [-0.25, -0.2) is 0 Å². The molecule has 124 valence electrons. The highest BCUT2D eigenvalue weighted by atomic mass is 35.5. The number of fused-ring (bicyclic) bond motifs is 1. The second kappa shape index (κ2) is 6.20. The number of halogens is 2. The Balaban J connectivity index is 1.96. The molecule has 0 spiro atoms. The minimum Gasteiger partial charge on any atom is -0.375 e. The minimum atomic E-state index is -2.03. The van der Waals surface area contributed by atoms with Gasteiger partial charge in [-0.15, -0.1) is 0 Å². The van der Waals surface area contributed by atoms with Crippen molar-refractivity contribution in [3.8, 4) is 0 Å². The lowest BCUT2D eigenvalue weighted by atomic mass is 9.88. The molecule has 1 unspecified atom stereocenters. The zero-order chi connectivity index (χ0) is 17.5. The molecule has 0 bridgehead atoms. The van der Waals surface area contributed by atoms with E-state index in [9.17, 15) is 14.7 Å². The molecule has 2 aromatic rings. The summed E-state index contributed by atoms with van der Waals surface area (Å²) in [6.45, 7) is 2.02. The van der Waals surface area contributed by atoms with Crippen molar-refractivity contribution in [2.45, 2.75) is 25.4 Å². The standard InChI is InChI=1S/C18H15Cl2NO3/c1-2-10-3-5-11(6-4-10)14(22)9-18(24)15-12(19)7-8-13(20)16(15)21-17(18)23/h3-8,24H,2,9H2,1H3,(H,21,23). The first-order chi connectivity index (χ1) is 11.4. The Kier molecular flexibility index (Phi) is 4.38. The molecular formula is C18H15Cl2NO3. The van der Waals surface area contributed by atoms with Crippen LogP contribution >= 0.6 is 23.2 Å². The maximum Gasteiger partial charge on any atom is 0.261 e. The minimum absolute atomic E-state index is 0.153. The fraction of sp³-hybridized carbons (Fsp3) is 0.222. The van der Waals surface area contributed by atoms with Crippen LogP contribution in [0.3, 0.4) is 0 Å². The summed E-state index contributed by atoms with van der Waals surface area (Å²) in [5.41, 5.74) is -0.0901. The van der Waals surface area contributed by atoms with Crippen molar-refractivity contribution in [2.24, 2.45) is 0 Å². The Morgan fingerprint density at radius 3 is 2.38 bits per heavy atom. The predicted octanol–water partition coefficient (Wildman–Crippen LogP) is 3.97. The van der Waals surface area contributed by atoms with Crippen LogP contribution in [0.4, 0.5) is 5.69 Å². The van der Waals surface area contributed by atoms with E-state index in [4.69, 9.17) is 23.2 Å². The van der Waals surface area contributed by atoms with E-state index in [-0.39, 0.29) is 27.1 Å². The van der Waals surface area contributed by atoms with Crippen LogP contribution < -0.4 is 5.32 Å². The van der Waals surface area contributed by atoms with Crippen LogP contribution in [0.2, 0.25) is 10.0 Å².